The molecule has 0 fully saturated rings. The fraction of sp³-hybridized carbons (Fsp3) is 0.250. The van der Waals surface area contributed by atoms with Crippen LogP contribution in [-0.4, -0.2) is 11.7 Å². The molecule has 2 nitrogen and oxygen atoms in total. The second kappa shape index (κ2) is 6.71. The summed E-state index contributed by atoms with van der Waals surface area (Å²) in [6, 6.07) is 17.8. The van der Waals surface area contributed by atoms with E-state index >= 15 is 0 Å². The van der Waals surface area contributed by atoms with Crippen LogP contribution in [0.25, 0.3) is 0 Å². The summed E-state index contributed by atoms with van der Waals surface area (Å²) in [6.45, 7) is 2.15. The average Bonchev–Trinajstić information content (AvgIpc) is 2.46. The minimum absolute atomic E-state index is 0.0631. The Morgan fingerprint density at radius 2 is 1.63 bits per heavy atom. The van der Waals surface area contributed by atoms with Crippen LogP contribution in [0.1, 0.15) is 30.1 Å². The van der Waals surface area contributed by atoms with E-state index in [-0.39, 0.29) is 18.7 Å². The predicted octanol–water partition coefficient (Wildman–Crippen LogP) is 3.72. The normalized spacial score (nSPS) is 14.1. The minimum atomic E-state index is -0.0631. The van der Waals surface area contributed by atoms with Crippen LogP contribution < -0.4 is 5.32 Å². The lowest BCUT2D eigenvalue weighted by atomic mass is 10.0. The molecule has 0 aliphatic carbocycles. The van der Waals surface area contributed by atoms with Crippen LogP contribution >= 0.6 is 11.6 Å². The van der Waals surface area contributed by atoms with Gasteiger partial charge in [0.1, 0.15) is 0 Å². The summed E-state index contributed by atoms with van der Waals surface area (Å²) in [4.78, 5) is 0. The highest BCUT2D eigenvalue weighted by atomic mass is 35.5. The summed E-state index contributed by atoms with van der Waals surface area (Å²) < 4.78 is 0. The Kier molecular flexibility index (Phi) is 4.97. The maximum Gasteiger partial charge on any atom is 0.0626 e. The number of aliphatic hydroxyl groups is 1. The zero-order valence-electron chi connectivity index (χ0n) is 10.9. The molecule has 0 radical (unpaired) electrons. The fourth-order valence-corrected chi connectivity index (χ4v) is 2.22. The van der Waals surface area contributed by atoms with E-state index in [0.29, 0.717) is 0 Å². The van der Waals surface area contributed by atoms with E-state index in [9.17, 15) is 5.11 Å². The number of halogens is 1. The number of aliphatic hydroxyl groups excluding tert-OH is 1. The molecule has 0 amide bonds. The summed E-state index contributed by atoms with van der Waals surface area (Å²) in [5, 5.41) is 13.7. The SMILES string of the molecule is CC(N[C@H](CO)c1ccccc1)c1ccc(Cl)cc1. The van der Waals surface area contributed by atoms with Crippen LogP contribution in [0.4, 0.5) is 0 Å². The van der Waals surface area contributed by atoms with Gasteiger partial charge in [-0.1, -0.05) is 54.1 Å². The summed E-state index contributed by atoms with van der Waals surface area (Å²) in [7, 11) is 0. The van der Waals surface area contributed by atoms with Gasteiger partial charge in [0.2, 0.25) is 0 Å². The Morgan fingerprint density at radius 1 is 1.00 bits per heavy atom. The Morgan fingerprint density at radius 3 is 2.21 bits per heavy atom. The van der Waals surface area contributed by atoms with E-state index in [1.165, 1.54) is 0 Å². The second-order valence-corrected chi connectivity index (χ2v) is 5.02. The van der Waals surface area contributed by atoms with Gasteiger partial charge >= 0.3 is 0 Å². The molecular weight excluding hydrogens is 258 g/mol. The molecule has 100 valence electrons. The summed E-state index contributed by atoms with van der Waals surface area (Å²) in [5.41, 5.74) is 2.24. The first-order valence-corrected chi connectivity index (χ1v) is 6.76. The molecule has 3 heteroatoms. The molecule has 0 heterocycles. The van der Waals surface area contributed by atoms with Crippen molar-refractivity contribution in [2.75, 3.05) is 6.61 Å². The molecule has 0 bridgehead atoms. The van der Waals surface area contributed by atoms with Crippen molar-refractivity contribution in [3.8, 4) is 0 Å². The molecule has 2 aromatic rings. The third-order valence-corrected chi connectivity index (χ3v) is 3.46. The maximum absolute atomic E-state index is 9.54. The topological polar surface area (TPSA) is 32.3 Å². The molecule has 0 aromatic heterocycles. The molecule has 0 aliphatic rings. The van der Waals surface area contributed by atoms with Gasteiger partial charge < -0.3 is 10.4 Å². The summed E-state index contributed by atoms with van der Waals surface area (Å²) >= 11 is 5.88. The predicted molar refractivity (Wildman–Crippen MR) is 79.3 cm³/mol. The highest BCUT2D eigenvalue weighted by Gasteiger charge is 2.14. The van der Waals surface area contributed by atoms with Gasteiger partial charge in [-0.15, -0.1) is 0 Å². The van der Waals surface area contributed by atoms with Crippen LogP contribution in [0.3, 0.4) is 0 Å². The molecule has 2 N–H and O–H groups in total. The molecule has 0 aliphatic heterocycles. The van der Waals surface area contributed by atoms with Crippen LogP contribution in [0.5, 0.6) is 0 Å². The van der Waals surface area contributed by atoms with E-state index < -0.39 is 0 Å². The Balaban J connectivity index is 2.08. The first kappa shape index (κ1) is 14.1. The van der Waals surface area contributed by atoms with Crippen molar-refractivity contribution in [2.45, 2.75) is 19.0 Å². The number of hydrogen-bond acceptors (Lipinski definition) is 2. The molecule has 2 rings (SSSR count). The zero-order chi connectivity index (χ0) is 13.7. The van der Waals surface area contributed by atoms with Crippen molar-refractivity contribution in [1.82, 2.24) is 5.32 Å². The van der Waals surface area contributed by atoms with Gasteiger partial charge in [0.05, 0.1) is 12.6 Å². The number of nitrogens with one attached hydrogen (secondary N) is 1. The lowest BCUT2D eigenvalue weighted by molar-refractivity contribution is 0.235. The van der Waals surface area contributed by atoms with Gasteiger partial charge in [0.25, 0.3) is 0 Å². The molecule has 19 heavy (non-hydrogen) atoms. The maximum atomic E-state index is 9.54. The van der Waals surface area contributed by atoms with Gasteiger partial charge in [-0.2, -0.15) is 0 Å². The smallest absolute Gasteiger partial charge is 0.0626 e. The number of rotatable bonds is 5. The molecule has 2 aromatic carbocycles. The molecule has 0 saturated carbocycles. The van der Waals surface area contributed by atoms with E-state index in [1.807, 2.05) is 54.6 Å². The van der Waals surface area contributed by atoms with Gasteiger partial charge in [0, 0.05) is 11.1 Å². The van der Waals surface area contributed by atoms with E-state index in [0.717, 1.165) is 16.1 Å². The largest absolute Gasteiger partial charge is 0.394 e. The number of hydrogen-bond donors (Lipinski definition) is 2. The highest BCUT2D eigenvalue weighted by Crippen LogP contribution is 2.20. The standard InChI is InChI=1S/C16H18ClNO/c1-12(13-7-9-15(17)10-8-13)18-16(11-19)14-5-3-2-4-6-14/h2-10,12,16,18-19H,11H2,1H3/t12?,16-/m1/s1. The average molecular weight is 276 g/mol. The third-order valence-electron chi connectivity index (χ3n) is 3.21. The Labute approximate surface area is 119 Å². The lowest BCUT2D eigenvalue weighted by Gasteiger charge is -2.22. The van der Waals surface area contributed by atoms with Crippen molar-refractivity contribution in [2.24, 2.45) is 0 Å². The van der Waals surface area contributed by atoms with Crippen LogP contribution in [-0.2, 0) is 0 Å². The van der Waals surface area contributed by atoms with Gasteiger partial charge in [-0.05, 0) is 30.2 Å². The van der Waals surface area contributed by atoms with Crippen LogP contribution in [0, 0.1) is 0 Å². The summed E-state index contributed by atoms with van der Waals surface area (Å²) in [6.07, 6.45) is 0. The van der Waals surface area contributed by atoms with Crippen molar-refractivity contribution >= 4 is 11.6 Å². The molecule has 1 unspecified atom stereocenters. The number of benzene rings is 2. The quantitative estimate of drug-likeness (QED) is 0.872. The highest BCUT2D eigenvalue weighted by molar-refractivity contribution is 6.30. The van der Waals surface area contributed by atoms with E-state index in [2.05, 4.69) is 12.2 Å². The molecule has 2 atom stereocenters. The van der Waals surface area contributed by atoms with Crippen molar-refractivity contribution in [3.63, 3.8) is 0 Å². The first-order valence-electron chi connectivity index (χ1n) is 6.38. The third kappa shape index (κ3) is 3.80. The van der Waals surface area contributed by atoms with E-state index in [4.69, 9.17) is 11.6 Å². The molecular formula is C16H18ClNO. The van der Waals surface area contributed by atoms with E-state index in [1.54, 1.807) is 0 Å². The fourth-order valence-electron chi connectivity index (χ4n) is 2.09. The van der Waals surface area contributed by atoms with Gasteiger partial charge in [-0.3, -0.25) is 0 Å². The monoisotopic (exact) mass is 275 g/mol. The second-order valence-electron chi connectivity index (χ2n) is 4.59. The molecule has 0 saturated heterocycles. The van der Waals surface area contributed by atoms with Gasteiger partial charge in [-0.25, -0.2) is 0 Å². The van der Waals surface area contributed by atoms with Gasteiger partial charge in [0.15, 0.2) is 0 Å². The first-order chi connectivity index (χ1) is 9.20. The minimum Gasteiger partial charge on any atom is -0.394 e. The van der Waals surface area contributed by atoms with Crippen molar-refractivity contribution < 1.29 is 5.11 Å². The van der Waals surface area contributed by atoms with Crippen LogP contribution in [0.15, 0.2) is 54.6 Å². The zero-order valence-corrected chi connectivity index (χ0v) is 11.6. The molecule has 0 spiro atoms. The van der Waals surface area contributed by atoms with Crippen molar-refractivity contribution in [1.29, 1.82) is 0 Å². The lowest BCUT2D eigenvalue weighted by Crippen LogP contribution is -2.27. The Bertz CT molecular complexity index is 498. The summed E-state index contributed by atoms with van der Waals surface area (Å²) in [5.74, 6) is 0. The van der Waals surface area contributed by atoms with Crippen LogP contribution in [0.2, 0.25) is 5.02 Å². The Hall–Kier alpha value is -1.35. The van der Waals surface area contributed by atoms with Crippen molar-refractivity contribution in [3.05, 3.63) is 70.7 Å².